The summed E-state index contributed by atoms with van der Waals surface area (Å²) < 4.78 is 10.1. The Hall–Kier alpha value is -1.10. The van der Waals surface area contributed by atoms with E-state index in [1.54, 1.807) is 7.11 Å². The second-order valence-electron chi connectivity index (χ2n) is 4.49. The van der Waals surface area contributed by atoms with Crippen molar-refractivity contribution in [1.82, 2.24) is 10.1 Å². The molecular weight excluding hydrogens is 206 g/mol. The molecule has 0 saturated heterocycles. The van der Waals surface area contributed by atoms with Crippen LogP contribution in [-0.4, -0.2) is 30.4 Å². The fourth-order valence-corrected chi connectivity index (χ4v) is 2.17. The summed E-state index contributed by atoms with van der Waals surface area (Å²) >= 11 is 0. The molecular formula is C11H19N3O2. The van der Waals surface area contributed by atoms with Crippen LogP contribution < -0.4 is 5.32 Å². The molecule has 2 rings (SSSR count). The van der Waals surface area contributed by atoms with Crippen LogP contribution in [0, 0.1) is 5.92 Å². The van der Waals surface area contributed by atoms with Crippen LogP contribution >= 0.6 is 0 Å². The van der Waals surface area contributed by atoms with E-state index in [-0.39, 0.29) is 0 Å². The van der Waals surface area contributed by atoms with E-state index in [2.05, 4.69) is 22.4 Å². The quantitative estimate of drug-likeness (QED) is 0.777. The largest absolute Gasteiger partial charge is 0.383 e. The highest BCUT2D eigenvalue weighted by Gasteiger charge is 2.26. The third-order valence-corrected chi connectivity index (χ3v) is 3.08. The lowest BCUT2D eigenvalue weighted by molar-refractivity contribution is 0.210. The molecule has 1 aliphatic carbocycles. The molecule has 0 radical (unpaired) electrons. The molecule has 5 nitrogen and oxygen atoms in total. The van der Waals surface area contributed by atoms with Gasteiger partial charge in [0.15, 0.2) is 5.82 Å². The van der Waals surface area contributed by atoms with Gasteiger partial charge in [-0.1, -0.05) is 12.1 Å². The molecule has 2 unspecified atom stereocenters. The normalized spacial score (nSPS) is 24.9. The van der Waals surface area contributed by atoms with Crippen LogP contribution in [0.1, 0.15) is 37.9 Å². The van der Waals surface area contributed by atoms with Gasteiger partial charge in [-0.3, -0.25) is 0 Å². The summed E-state index contributed by atoms with van der Waals surface area (Å²) in [6.07, 6.45) is 3.63. The van der Waals surface area contributed by atoms with E-state index in [0.29, 0.717) is 25.1 Å². The summed E-state index contributed by atoms with van der Waals surface area (Å²) in [7, 11) is 1.67. The van der Waals surface area contributed by atoms with Gasteiger partial charge in [0, 0.05) is 19.6 Å². The highest BCUT2D eigenvalue weighted by atomic mass is 16.5. The fourth-order valence-electron chi connectivity index (χ4n) is 2.17. The summed E-state index contributed by atoms with van der Waals surface area (Å²) in [5, 5.41) is 7.06. The standard InChI is InChI=1S/C11H19N3O2/c1-8-3-4-9(7-8)10-13-11(16-14-10)12-5-6-15-2/h8-9H,3-7H2,1-2H3,(H,12,13,14). The number of anilines is 1. The number of rotatable bonds is 5. The van der Waals surface area contributed by atoms with Gasteiger partial charge in [-0.25, -0.2) is 0 Å². The number of nitrogens with zero attached hydrogens (tertiary/aromatic N) is 2. The van der Waals surface area contributed by atoms with Crippen molar-refractivity contribution in [3.8, 4) is 0 Å². The minimum absolute atomic E-state index is 0.483. The predicted octanol–water partition coefficient (Wildman–Crippen LogP) is 2.03. The summed E-state index contributed by atoms with van der Waals surface area (Å²) in [6, 6.07) is 0.506. The Bertz CT molecular complexity index is 327. The highest BCUT2D eigenvalue weighted by Crippen LogP contribution is 2.36. The van der Waals surface area contributed by atoms with Crippen molar-refractivity contribution in [2.24, 2.45) is 5.92 Å². The number of methoxy groups -OCH3 is 1. The van der Waals surface area contributed by atoms with Crippen LogP contribution in [0.4, 0.5) is 6.01 Å². The third-order valence-electron chi connectivity index (χ3n) is 3.08. The van der Waals surface area contributed by atoms with Crippen molar-refractivity contribution in [3.05, 3.63) is 5.82 Å². The van der Waals surface area contributed by atoms with Crippen LogP contribution in [0.5, 0.6) is 0 Å². The zero-order chi connectivity index (χ0) is 11.4. The molecule has 1 aromatic rings. The average molecular weight is 225 g/mol. The molecule has 1 aliphatic rings. The molecule has 5 heteroatoms. The molecule has 90 valence electrons. The number of ether oxygens (including phenoxy) is 1. The second-order valence-corrected chi connectivity index (χ2v) is 4.49. The van der Waals surface area contributed by atoms with Crippen LogP contribution in [-0.2, 0) is 4.74 Å². The zero-order valence-corrected chi connectivity index (χ0v) is 9.90. The van der Waals surface area contributed by atoms with E-state index in [0.717, 1.165) is 11.7 Å². The van der Waals surface area contributed by atoms with E-state index in [1.807, 2.05) is 0 Å². The molecule has 1 saturated carbocycles. The summed E-state index contributed by atoms with van der Waals surface area (Å²) in [5.41, 5.74) is 0. The molecule has 1 fully saturated rings. The molecule has 16 heavy (non-hydrogen) atoms. The highest BCUT2D eigenvalue weighted by molar-refractivity contribution is 5.19. The van der Waals surface area contributed by atoms with Crippen molar-refractivity contribution in [2.75, 3.05) is 25.6 Å². The lowest BCUT2D eigenvalue weighted by Gasteiger charge is -2.01. The Morgan fingerprint density at radius 2 is 2.38 bits per heavy atom. The molecule has 0 bridgehead atoms. The topological polar surface area (TPSA) is 60.2 Å². The van der Waals surface area contributed by atoms with Crippen LogP contribution in [0.3, 0.4) is 0 Å². The first-order chi connectivity index (χ1) is 7.79. The monoisotopic (exact) mass is 225 g/mol. The number of aromatic nitrogens is 2. The predicted molar refractivity (Wildman–Crippen MR) is 60.4 cm³/mol. The second kappa shape index (κ2) is 5.30. The summed E-state index contributed by atoms with van der Waals surface area (Å²) in [4.78, 5) is 4.35. The fraction of sp³-hybridized carbons (Fsp3) is 0.818. The van der Waals surface area contributed by atoms with Crippen molar-refractivity contribution in [2.45, 2.75) is 32.1 Å². The Morgan fingerprint density at radius 3 is 3.06 bits per heavy atom. The van der Waals surface area contributed by atoms with E-state index in [4.69, 9.17) is 9.26 Å². The maximum absolute atomic E-state index is 5.13. The van der Waals surface area contributed by atoms with Gasteiger partial charge in [0.05, 0.1) is 6.61 Å². The van der Waals surface area contributed by atoms with Gasteiger partial charge < -0.3 is 14.6 Å². The maximum Gasteiger partial charge on any atom is 0.321 e. The molecule has 0 aromatic carbocycles. The minimum atomic E-state index is 0.483. The Kier molecular flexibility index (Phi) is 3.77. The average Bonchev–Trinajstić information content (AvgIpc) is 2.87. The number of nitrogens with one attached hydrogen (secondary N) is 1. The Balaban J connectivity index is 1.87. The smallest absolute Gasteiger partial charge is 0.321 e. The molecule has 0 amide bonds. The first-order valence-corrected chi connectivity index (χ1v) is 5.86. The molecule has 1 heterocycles. The number of hydrogen-bond donors (Lipinski definition) is 1. The van der Waals surface area contributed by atoms with Gasteiger partial charge in [0.25, 0.3) is 0 Å². The van der Waals surface area contributed by atoms with Crippen molar-refractivity contribution in [1.29, 1.82) is 0 Å². The molecule has 1 N–H and O–H groups in total. The summed E-state index contributed by atoms with van der Waals surface area (Å²) in [5.74, 6) is 2.12. The van der Waals surface area contributed by atoms with E-state index < -0.39 is 0 Å². The maximum atomic E-state index is 5.13. The third kappa shape index (κ3) is 2.72. The Labute approximate surface area is 95.6 Å². The van der Waals surface area contributed by atoms with Gasteiger partial charge in [-0.2, -0.15) is 4.98 Å². The van der Waals surface area contributed by atoms with Gasteiger partial charge in [-0.05, 0) is 25.2 Å². The minimum Gasteiger partial charge on any atom is -0.383 e. The first-order valence-electron chi connectivity index (χ1n) is 5.86. The summed E-state index contributed by atoms with van der Waals surface area (Å²) in [6.45, 7) is 3.61. The van der Waals surface area contributed by atoms with E-state index >= 15 is 0 Å². The molecule has 1 aromatic heterocycles. The van der Waals surface area contributed by atoms with Gasteiger partial charge in [-0.15, -0.1) is 0 Å². The Morgan fingerprint density at radius 1 is 1.50 bits per heavy atom. The van der Waals surface area contributed by atoms with E-state index in [1.165, 1.54) is 19.3 Å². The van der Waals surface area contributed by atoms with E-state index in [9.17, 15) is 0 Å². The first kappa shape index (κ1) is 11.4. The lowest BCUT2D eigenvalue weighted by Crippen LogP contribution is -2.07. The lowest BCUT2D eigenvalue weighted by atomic mass is 10.1. The molecule has 0 spiro atoms. The van der Waals surface area contributed by atoms with Gasteiger partial charge >= 0.3 is 6.01 Å². The van der Waals surface area contributed by atoms with Crippen LogP contribution in [0.25, 0.3) is 0 Å². The van der Waals surface area contributed by atoms with Gasteiger partial charge in [0.2, 0.25) is 0 Å². The zero-order valence-electron chi connectivity index (χ0n) is 9.90. The number of hydrogen-bond acceptors (Lipinski definition) is 5. The SMILES string of the molecule is COCCNc1nc(C2CCC(C)C2)no1. The van der Waals surface area contributed by atoms with Crippen molar-refractivity contribution < 1.29 is 9.26 Å². The van der Waals surface area contributed by atoms with Crippen LogP contribution in [0.15, 0.2) is 4.52 Å². The van der Waals surface area contributed by atoms with Crippen molar-refractivity contribution in [3.63, 3.8) is 0 Å². The molecule has 0 aliphatic heterocycles. The van der Waals surface area contributed by atoms with Crippen LogP contribution in [0.2, 0.25) is 0 Å². The van der Waals surface area contributed by atoms with Crippen molar-refractivity contribution >= 4 is 6.01 Å². The van der Waals surface area contributed by atoms with Gasteiger partial charge in [0.1, 0.15) is 0 Å². The molecule has 2 atom stereocenters.